The molecule has 2 aromatic rings. The van der Waals surface area contributed by atoms with Crippen molar-refractivity contribution in [2.75, 3.05) is 0 Å². The molecular weight excluding hydrogens is 315 g/mol. The van der Waals surface area contributed by atoms with E-state index in [1.54, 1.807) is 18.2 Å². The molecule has 2 rings (SSSR count). The van der Waals surface area contributed by atoms with E-state index in [0.29, 0.717) is 6.20 Å². The zero-order chi connectivity index (χ0) is 17.1. The van der Waals surface area contributed by atoms with E-state index in [-0.39, 0.29) is 11.6 Å². The molecule has 23 heavy (non-hydrogen) atoms. The highest BCUT2D eigenvalue weighted by molar-refractivity contribution is 5.76. The number of rotatable bonds is 5. The lowest BCUT2D eigenvalue weighted by Gasteiger charge is -2.26. The summed E-state index contributed by atoms with van der Waals surface area (Å²) in [6.45, 7) is 1.13. The summed E-state index contributed by atoms with van der Waals surface area (Å²) >= 11 is 0. The van der Waals surface area contributed by atoms with Crippen LogP contribution in [0.3, 0.4) is 0 Å². The van der Waals surface area contributed by atoms with Crippen molar-refractivity contribution in [1.29, 1.82) is 0 Å². The molecule has 0 saturated heterocycles. The fraction of sp³-hybridized carbons (Fsp3) is 0.200. The van der Waals surface area contributed by atoms with Crippen molar-refractivity contribution in [1.82, 2.24) is 4.98 Å². The number of aromatic nitrogens is 1. The van der Waals surface area contributed by atoms with Crippen LogP contribution in [0, 0.1) is 0 Å². The third-order valence-corrected chi connectivity index (χ3v) is 2.81. The van der Waals surface area contributed by atoms with Gasteiger partial charge in [-0.1, -0.05) is 18.2 Å². The molecule has 1 unspecified atom stereocenters. The SMILES string of the molecule is CC(Oc1ccccc1)(Oc1ccc(C(F)(F)F)cn1)C(=O)O. The van der Waals surface area contributed by atoms with Crippen molar-refractivity contribution in [3.63, 3.8) is 0 Å². The molecule has 5 nitrogen and oxygen atoms in total. The summed E-state index contributed by atoms with van der Waals surface area (Å²) in [6.07, 6.45) is -3.98. The molecule has 122 valence electrons. The number of aliphatic carboxylic acids is 1. The molecule has 0 amide bonds. The van der Waals surface area contributed by atoms with Gasteiger partial charge >= 0.3 is 17.9 Å². The fourth-order valence-corrected chi connectivity index (χ4v) is 1.63. The Bertz CT molecular complexity index is 673. The number of carboxylic acid groups (broad SMARTS) is 1. The molecular formula is C15H12F3NO4. The van der Waals surface area contributed by atoms with Crippen LogP contribution in [-0.2, 0) is 11.0 Å². The molecule has 0 radical (unpaired) electrons. The largest absolute Gasteiger partial charge is 0.475 e. The van der Waals surface area contributed by atoms with E-state index < -0.39 is 23.5 Å². The predicted octanol–water partition coefficient (Wildman–Crippen LogP) is 3.36. The van der Waals surface area contributed by atoms with E-state index in [4.69, 9.17) is 9.47 Å². The van der Waals surface area contributed by atoms with Crippen LogP contribution in [0.5, 0.6) is 11.6 Å². The predicted molar refractivity (Wildman–Crippen MR) is 73.0 cm³/mol. The molecule has 0 aliphatic carbocycles. The minimum Gasteiger partial charge on any atom is -0.475 e. The summed E-state index contributed by atoms with van der Waals surface area (Å²) in [6, 6.07) is 9.69. The topological polar surface area (TPSA) is 68.7 Å². The first-order valence-electron chi connectivity index (χ1n) is 6.40. The van der Waals surface area contributed by atoms with E-state index >= 15 is 0 Å². The maximum atomic E-state index is 12.5. The average Bonchev–Trinajstić information content (AvgIpc) is 2.47. The van der Waals surface area contributed by atoms with E-state index in [1.165, 1.54) is 12.1 Å². The molecule has 1 aromatic heterocycles. The fourth-order valence-electron chi connectivity index (χ4n) is 1.63. The van der Waals surface area contributed by atoms with Gasteiger partial charge in [0.05, 0.1) is 5.56 Å². The quantitative estimate of drug-likeness (QED) is 0.853. The molecule has 1 aromatic carbocycles. The highest BCUT2D eigenvalue weighted by atomic mass is 19.4. The van der Waals surface area contributed by atoms with Crippen LogP contribution in [0.1, 0.15) is 12.5 Å². The zero-order valence-electron chi connectivity index (χ0n) is 11.9. The van der Waals surface area contributed by atoms with Gasteiger partial charge in [0, 0.05) is 19.2 Å². The molecule has 0 aliphatic heterocycles. The Kier molecular flexibility index (Phi) is 4.44. The van der Waals surface area contributed by atoms with Crippen molar-refractivity contribution >= 4 is 5.97 Å². The van der Waals surface area contributed by atoms with Crippen LogP contribution >= 0.6 is 0 Å². The minimum absolute atomic E-state index is 0.226. The monoisotopic (exact) mass is 327 g/mol. The van der Waals surface area contributed by atoms with Gasteiger partial charge in [-0.2, -0.15) is 13.2 Å². The Morgan fingerprint density at radius 1 is 1.09 bits per heavy atom. The van der Waals surface area contributed by atoms with E-state index in [1.807, 2.05) is 0 Å². The second-order valence-corrected chi connectivity index (χ2v) is 4.65. The first kappa shape index (κ1) is 16.6. The number of carboxylic acids is 1. The first-order valence-corrected chi connectivity index (χ1v) is 6.40. The van der Waals surface area contributed by atoms with Gasteiger partial charge in [0.2, 0.25) is 5.88 Å². The van der Waals surface area contributed by atoms with Crippen molar-refractivity contribution in [2.24, 2.45) is 0 Å². The summed E-state index contributed by atoms with van der Waals surface area (Å²) in [5, 5.41) is 9.28. The van der Waals surface area contributed by atoms with Gasteiger partial charge in [0.1, 0.15) is 5.75 Å². The molecule has 1 heterocycles. The molecule has 0 bridgehead atoms. The van der Waals surface area contributed by atoms with Gasteiger partial charge in [-0.15, -0.1) is 0 Å². The summed E-state index contributed by atoms with van der Waals surface area (Å²) < 4.78 is 47.8. The Balaban J connectivity index is 2.21. The Morgan fingerprint density at radius 3 is 2.22 bits per heavy atom. The van der Waals surface area contributed by atoms with Gasteiger partial charge in [0.25, 0.3) is 0 Å². The van der Waals surface area contributed by atoms with Gasteiger partial charge in [0.15, 0.2) is 0 Å². The van der Waals surface area contributed by atoms with E-state index in [2.05, 4.69) is 4.98 Å². The lowest BCUT2D eigenvalue weighted by Crippen LogP contribution is -2.47. The van der Waals surface area contributed by atoms with Gasteiger partial charge < -0.3 is 14.6 Å². The van der Waals surface area contributed by atoms with Gasteiger partial charge in [-0.25, -0.2) is 9.78 Å². The molecule has 0 saturated carbocycles. The Morgan fingerprint density at radius 2 is 1.74 bits per heavy atom. The lowest BCUT2D eigenvalue weighted by atomic mass is 10.2. The van der Waals surface area contributed by atoms with Crippen molar-refractivity contribution in [2.45, 2.75) is 18.9 Å². The summed E-state index contributed by atoms with van der Waals surface area (Å²) in [5.41, 5.74) is -0.967. The smallest absolute Gasteiger partial charge is 0.417 e. The number of carbonyl (C=O) groups is 1. The number of hydrogen-bond acceptors (Lipinski definition) is 4. The minimum atomic E-state index is -4.54. The number of pyridine rings is 1. The zero-order valence-corrected chi connectivity index (χ0v) is 11.9. The number of para-hydroxylation sites is 1. The summed E-state index contributed by atoms with van der Waals surface area (Å²) in [7, 11) is 0. The van der Waals surface area contributed by atoms with Crippen LogP contribution in [0.25, 0.3) is 0 Å². The lowest BCUT2D eigenvalue weighted by molar-refractivity contribution is -0.181. The van der Waals surface area contributed by atoms with Crippen LogP contribution in [0.2, 0.25) is 0 Å². The number of ether oxygens (including phenoxy) is 2. The van der Waals surface area contributed by atoms with Crippen molar-refractivity contribution in [3.8, 4) is 11.6 Å². The van der Waals surface area contributed by atoms with Crippen LogP contribution in [-0.4, -0.2) is 21.8 Å². The highest BCUT2D eigenvalue weighted by Crippen LogP contribution is 2.30. The van der Waals surface area contributed by atoms with Crippen molar-refractivity contribution < 1.29 is 32.5 Å². The third-order valence-electron chi connectivity index (χ3n) is 2.81. The molecule has 8 heteroatoms. The van der Waals surface area contributed by atoms with Gasteiger partial charge in [-0.3, -0.25) is 0 Å². The molecule has 1 atom stereocenters. The molecule has 0 aliphatic rings. The second-order valence-electron chi connectivity index (χ2n) is 4.65. The number of hydrogen-bond donors (Lipinski definition) is 1. The molecule has 0 fully saturated rings. The second kappa shape index (κ2) is 6.15. The Labute approximate surface area is 129 Å². The number of halogens is 3. The molecule has 1 N–H and O–H groups in total. The van der Waals surface area contributed by atoms with Crippen LogP contribution in [0.4, 0.5) is 13.2 Å². The van der Waals surface area contributed by atoms with E-state index in [9.17, 15) is 23.1 Å². The maximum absolute atomic E-state index is 12.5. The number of benzene rings is 1. The highest BCUT2D eigenvalue weighted by Gasteiger charge is 2.39. The van der Waals surface area contributed by atoms with Crippen LogP contribution in [0.15, 0.2) is 48.7 Å². The van der Waals surface area contributed by atoms with E-state index in [0.717, 1.165) is 19.1 Å². The summed E-state index contributed by atoms with van der Waals surface area (Å²) in [5.74, 6) is -3.68. The van der Waals surface area contributed by atoms with Crippen molar-refractivity contribution in [3.05, 3.63) is 54.2 Å². The third kappa shape index (κ3) is 4.12. The first-order chi connectivity index (χ1) is 10.7. The maximum Gasteiger partial charge on any atom is 0.417 e. The normalized spacial score (nSPS) is 13.9. The summed E-state index contributed by atoms with van der Waals surface area (Å²) in [4.78, 5) is 14.9. The standard InChI is InChI=1S/C15H12F3NO4/c1-14(13(20)21,22-11-5-3-2-4-6-11)23-12-8-7-10(9-19-12)15(16,17)18/h2-9H,1H3,(H,20,21). The average molecular weight is 327 g/mol. The number of nitrogens with zero attached hydrogens (tertiary/aromatic N) is 1. The van der Waals surface area contributed by atoms with Crippen LogP contribution < -0.4 is 9.47 Å². The van der Waals surface area contributed by atoms with Gasteiger partial charge in [-0.05, 0) is 18.2 Å². The Hall–Kier alpha value is -2.77. The number of alkyl halides is 3. The molecule has 0 spiro atoms.